The predicted octanol–water partition coefficient (Wildman–Crippen LogP) is 4.09. The molecule has 4 heterocycles. The van der Waals surface area contributed by atoms with Crippen molar-refractivity contribution in [2.24, 2.45) is 7.05 Å². The van der Waals surface area contributed by atoms with Crippen molar-refractivity contribution < 1.29 is 0 Å². The second-order valence-electron chi connectivity index (χ2n) is 5.83. The quantitative estimate of drug-likeness (QED) is 0.534. The van der Waals surface area contributed by atoms with Gasteiger partial charge in [-0.3, -0.25) is 4.98 Å². The number of hydrogen-bond acceptors (Lipinski definition) is 5. The first-order valence-corrected chi connectivity index (χ1v) is 8.67. The van der Waals surface area contributed by atoms with Crippen LogP contribution in [0.25, 0.3) is 27.1 Å². The van der Waals surface area contributed by atoms with Crippen LogP contribution < -0.4 is 5.32 Å². The molecule has 0 unspecified atom stereocenters. The van der Waals surface area contributed by atoms with Gasteiger partial charge < -0.3 is 9.88 Å². The van der Waals surface area contributed by atoms with Crippen LogP contribution in [0.15, 0.2) is 61.2 Å². The molecule has 0 saturated carbocycles. The second-order valence-corrected chi connectivity index (χ2v) is 6.78. The highest BCUT2D eigenvalue weighted by Crippen LogP contribution is 2.27. The van der Waals surface area contributed by atoms with Crippen LogP contribution in [0.1, 0.15) is 0 Å². The monoisotopic (exact) mass is 346 g/mol. The van der Waals surface area contributed by atoms with Gasteiger partial charge in [-0.2, -0.15) is 0 Å². The molecular weight excluding hydrogens is 332 g/mol. The Bertz CT molecular complexity index is 1150. The Morgan fingerprint density at radius 3 is 2.96 bits per heavy atom. The summed E-state index contributed by atoms with van der Waals surface area (Å²) in [6.07, 6.45) is 7.55. The lowest BCUT2D eigenvalue weighted by Gasteiger charge is -2.03. The molecular formula is C18H14N6S. The summed E-state index contributed by atoms with van der Waals surface area (Å²) in [4.78, 5) is 9.62. The van der Waals surface area contributed by atoms with Crippen LogP contribution in [0.5, 0.6) is 0 Å². The maximum absolute atomic E-state index is 4.64. The fraction of sp³-hybridized carbons (Fsp3) is 0.0556. The first-order chi connectivity index (χ1) is 12.3. The summed E-state index contributed by atoms with van der Waals surface area (Å²) >= 11 is 1.52. The van der Waals surface area contributed by atoms with Gasteiger partial charge in [-0.25, -0.2) is 9.50 Å². The minimum absolute atomic E-state index is 0.814. The molecule has 6 nitrogen and oxygen atoms in total. The number of imidazole rings is 1. The van der Waals surface area contributed by atoms with Gasteiger partial charge in [-0.05, 0) is 35.7 Å². The van der Waals surface area contributed by atoms with Gasteiger partial charge in [0.25, 0.3) is 0 Å². The van der Waals surface area contributed by atoms with E-state index < -0.39 is 0 Å². The van der Waals surface area contributed by atoms with E-state index in [0.29, 0.717) is 0 Å². The van der Waals surface area contributed by atoms with Gasteiger partial charge in [-0.15, -0.1) is 5.10 Å². The van der Waals surface area contributed by atoms with Gasteiger partial charge in [0.15, 0.2) is 0 Å². The van der Waals surface area contributed by atoms with Gasteiger partial charge in [0.1, 0.15) is 0 Å². The third-order valence-corrected chi connectivity index (χ3v) is 4.98. The van der Waals surface area contributed by atoms with E-state index in [-0.39, 0.29) is 0 Å². The number of rotatable bonds is 3. The van der Waals surface area contributed by atoms with Gasteiger partial charge >= 0.3 is 0 Å². The molecule has 0 fully saturated rings. The summed E-state index contributed by atoms with van der Waals surface area (Å²) < 4.78 is 3.91. The molecule has 0 radical (unpaired) electrons. The fourth-order valence-corrected chi connectivity index (χ4v) is 3.67. The number of nitrogens with one attached hydrogen (secondary N) is 1. The smallest absolute Gasteiger partial charge is 0.214 e. The third-order valence-electron chi connectivity index (χ3n) is 4.14. The SMILES string of the molecule is Cn1ccc2ccc(Nc3nn4cc(-c5cccnc5)nc4s3)cc21. The van der Waals surface area contributed by atoms with Crippen molar-refractivity contribution in [1.29, 1.82) is 0 Å². The average Bonchev–Trinajstić information content (AvgIpc) is 3.30. The molecule has 5 aromatic rings. The number of pyridine rings is 1. The number of hydrogen-bond donors (Lipinski definition) is 1. The summed E-state index contributed by atoms with van der Waals surface area (Å²) in [6.45, 7) is 0. The summed E-state index contributed by atoms with van der Waals surface area (Å²) in [6, 6.07) is 12.3. The molecule has 0 aliphatic carbocycles. The van der Waals surface area contributed by atoms with Crippen molar-refractivity contribution in [3.8, 4) is 11.3 Å². The zero-order valence-electron chi connectivity index (χ0n) is 13.4. The molecule has 0 saturated heterocycles. The Morgan fingerprint density at radius 1 is 1.16 bits per heavy atom. The number of aromatic nitrogens is 5. The van der Waals surface area contributed by atoms with Gasteiger partial charge in [0.05, 0.1) is 11.9 Å². The van der Waals surface area contributed by atoms with Crippen LogP contribution in [0.2, 0.25) is 0 Å². The second kappa shape index (κ2) is 5.42. The highest BCUT2D eigenvalue weighted by molar-refractivity contribution is 7.20. The van der Waals surface area contributed by atoms with Crippen LogP contribution >= 0.6 is 11.3 Å². The van der Waals surface area contributed by atoms with E-state index in [9.17, 15) is 0 Å². The molecule has 0 bridgehead atoms. The lowest BCUT2D eigenvalue weighted by atomic mass is 10.2. The van der Waals surface area contributed by atoms with Crippen molar-refractivity contribution in [3.63, 3.8) is 0 Å². The summed E-state index contributed by atoms with van der Waals surface area (Å²) in [5.41, 5.74) is 4.07. The Kier molecular flexibility index (Phi) is 3.07. The van der Waals surface area contributed by atoms with E-state index in [4.69, 9.17) is 0 Å². The number of anilines is 2. The lowest BCUT2D eigenvalue weighted by Crippen LogP contribution is -1.92. The molecule has 25 heavy (non-hydrogen) atoms. The molecule has 0 aliphatic heterocycles. The lowest BCUT2D eigenvalue weighted by molar-refractivity contribution is 0.968. The highest BCUT2D eigenvalue weighted by atomic mass is 32.1. The van der Waals surface area contributed by atoms with Gasteiger partial charge in [-0.1, -0.05) is 17.4 Å². The molecule has 7 heteroatoms. The zero-order valence-corrected chi connectivity index (χ0v) is 14.2. The Hall–Kier alpha value is -3.19. The van der Waals surface area contributed by atoms with E-state index in [1.54, 1.807) is 16.9 Å². The molecule has 0 aliphatic rings. The number of fused-ring (bicyclic) bond motifs is 2. The van der Waals surface area contributed by atoms with Crippen molar-refractivity contribution in [1.82, 2.24) is 24.1 Å². The summed E-state index contributed by atoms with van der Waals surface area (Å²) in [7, 11) is 2.05. The Labute approximate surface area is 147 Å². The molecule has 0 spiro atoms. The molecule has 5 rings (SSSR count). The van der Waals surface area contributed by atoms with Crippen molar-refractivity contribution in [2.75, 3.05) is 5.32 Å². The van der Waals surface area contributed by atoms with Crippen LogP contribution in [-0.2, 0) is 7.05 Å². The molecule has 0 atom stereocenters. The van der Waals surface area contributed by atoms with E-state index in [0.717, 1.165) is 27.0 Å². The van der Waals surface area contributed by atoms with E-state index >= 15 is 0 Å². The van der Waals surface area contributed by atoms with E-state index in [1.165, 1.54) is 22.2 Å². The molecule has 1 N–H and O–H groups in total. The van der Waals surface area contributed by atoms with E-state index in [2.05, 4.69) is 55.4 Å². The normalized spacial score (nSPS) is 11.4. The summed E-state index contributed by atoms with van der Waals surface area (Å²) in [5.74, 6) is 0. The number of aryl methyl sites for hydroxylation is 1. The maximum atomic E-state index is 4.64. The fourth-order valence-electron chi connectivity index (χ4n) is 2.87. The first kappa shape index (κ1) is 14.2. The average molecular weight is 346 g/mol. The minimum atomic E-state index is 0.814. The highest BCUT2D eigenvalue weighted by Gasteiger charge is 2.10. The minimum Gasteiger partial charge on any atom is -0.350 e. The number of nitrogens with zero attached hydrogens (tertiary/aromatic N) is 5. The van der Waals surface area contributed by atoms with Crippen molar-refractivity contribution >= 4 is 38.0 Å². The molecule has 0 amide bonds. The first-order valence-electron chi connectivity index (χ1n) is 7.85. The van der Waals surface area contributed by atoms with Crippen LogP contribution in [0.4, 0.5) is 10.8 Å². The van der Waals surface area contributed by atoms with E-state index in [1.807, 2.05) is 25.4 Å². The largest absolute Gasteiger partial charge is 0.350 e. The maximum Gasteiger partial charge on any atom is 0.214 e. The van der Waals surface area contributed by atoms with Crippen LogP contribution in [0, 0.1) is 0 Å². The molecule has 122 valence electrons. The van der Waals surface area contributed by atoms with Gasteiger partial charge in [0.2, 0.25) is 10.1 Å². The Balaban J connectivity index is 1.46. The molecule has 1 aromatic carbocycles. The third kappa shape index (κ3) is 2.45. The van der Waals surface area contributed by atoms with Crippen LogP contribution in [-0.4, -0.2) is 24.1 Å². The Morgan fingerprint density at radius 2 is 2.12 bits per heavy atom. The van der Waals surface area contributed by atoms with Crippen LogP contribution in [0.3, 0.4) is 0 Å². The predicted molar refractivity (Wildman–Crippen MR) is 100 cm³/mol. The summed E-state index contributed by atoms with van der Waals surface area (Å²) in [5, 5.41) is 9.99. The topological polar surface area (TPSA) is 60.0 Å². The van der Waals surface area contributed by atoms with Crippen molar-refractivity contribution in [3.05, 3.63) is 61.2 Å². The molecule has 4 aromatic heterocycles. The number of benzene rings is 1. The standard InChI is InChI=1S/C18H14N6S/c1-23-8-6-12-4-5-14(9-16(12)23)20-17-22-24-11-15(21-18(24)25-17)13-3-2-7-19-10-13/h2-11H,1H3,(H,20,22). The zero-order chi connectivity index (χ0) is 16.8. The van der Waals surface area contributed by atoms with Crippen molar-refractivity contribution in [2.45, 2.75) is 0 Å². The van der Waals surface area contributed by atoms with Gasteiger partial charge in [0, 0.05) is 42.4 Å².